The molecule has 84 valence electrons. The molecule has 0 radical (unpaired) electrons. The predicted molar refractivity (Wildman–Crippen MR) is 60.3 cm³/mol. The summed E-state index contributed by atoms with van der Waals surface area (Å²) >= 11 is 0. The SMILES string of the molecule is CC(C)N1CCCC1C(=O)N1C=CCC1. The lowest BCUT2D eigenvalue weighted by molar-refractivity contribution is -0.133. The Labute approximate surface area is 91.7 Å². The molecule has 0 N–H and O–H groups in total. The molecule has 0 bridgehead atoms. The molecule has 0 aromatic rings. The van der Waals surface area contributed by atoms with Gasteiger partial charge >= 0.3 is 0 Å². The quantitative estimate of drug-likeness (QED) is 0.688. The summed E-state index contributed by atoms with van der Waals surface area (Å²) < 4.78 is 0. The van der Waals surface area contributed by atoms with Crippen molar-refractivity contribution in [2.75, 3.05) is 13.1 Å². The fourth-order valence-corrected chi connectivity index (χ4v) is 2.54. The molecule has 3 nitrogen and oxygen atoms in total. The minimum Gasteiger partial charge on any atom is -0.318 e. The fraction of sp³-hybridized carbons (Fsp3) is 0.750. The van der Waals surface area contributed by atoms with Crippen LogP contribution in [0.25, 0.3) is 0 Å². The number of hydrogen-bond donors (Lipinski definition) is 0. The number of carbonyl (C=O) groups is 1. The van der Waals surface area contributed by atoms with Crippen molar-refractivity contribution in [1.29, 1.82) is 0 Å². The van der Waals surface area contributed by atoms with Crippen molar-refractivity contribution < 1.29 is 4.79 Å². The highest BCUT2D eigenvalue weighted by Crippen LogP contribution is 2.22. The van der Waals surface area contributed by atoms with Gasteiger partial charge in [-0.05, 0) is 39.7 Å². The molecular weight excluding hydrogens is 188 g/mol. The molecule has 0 aromatic heterocycles. The maximum atomic E-state index is 12.2. The van der Waals surface area contributed by atoms with Gasteiger partial charge in [-0.25, -0.2) is 0 Å². The number of nitrogens with zero attached hydrogens (tertiary/aromatic N) is 2. The van der Waals surface area contributed by atoms with Crippen LogP contribution in [0.3, 0.4) is 0 Å². The first-order valence-corrected chi connectivity index (χ1v) is 5.93. The van der Waals surface area contributed by atoms with Crippen molar-refractivity contribution in [3.05, 3.63) is 12.3 Å². The molecule has 15 heavy (non-hydrogen) atoms. The molecule has 1 saturated heterocycles. The molecule has 2 aliphatic rings. The highest BCUT2D eigenvalue weighted by molar-refractivity contribution is 5.83. The second-order valence-electron chi connectivity index (χ2n) is 4.69. The number of carbonyl (C=O) groups excluding carboxylic acids is 1. The van der Waals surface area contributed by atoms with Crippen molar-refractivity contribution in [2.45, 2.75) is 45.2 Å². The van der Waals surface area contributed by atoms with E-state index in [-0.39, 0.29) is 6.04 Å². The van der Waals surface area contributed by atoms with Crippen molar-refractivity contribution in [2.24, 2.45) is 0 Å². The topological polar surface area (TPSA) is 23.6 Å². The molecule has 2 rings (SSSR count). The summed E-state index contributed by atoms with van der Waals surface area (Å²) in [5.41, 5.74) is 0. The van der Waals surface area contributed by atoms with Gasteiger partial charge in [0.1, 0.15) is 0 Å². The van der Waals surface area contributed by atoms with Gasteiger partial charge < -0.3 is 4.90 Å². The lowest BCUT2D eigenvalue weighted by Gasteiger charge is -2.29. The third-order valence-electron chi connectivity index (χ3n) is 3.35. The molecule has 1 atom stereocenters. The van der Waals surface area contributed by atoms with E-state index in [9.17, 15) is 4.79 Å². The third-order valence-corrected chi connectivity index (χ3v) is 3.35. The van der Waals surface area contributed by atoms with Gasteiger partial charge in [-0.15, -0.1) is 0 Å². The highest BCUT2D eigenvalue weighted by atomic mass is 16.2. The van der Waals surface area contributed by atoms with Crippen molar-refractivity contribution in [1.82, 2.24) is 9.80 Å². The summed E-state index contributed by atoms with van der Waals surface area (Å²) in [4.78, 5) is 16.4. The third kappa shape index (κ3) is 2.07. The molecule has 0 saturated carbocycles. The Morgan fingerprint density at radius 3 is 2.80 bits per heavy atom. The maximum absolute atomic E-state index is 12.2. The van der Waals surface area contributed by atoms with E-state index >= 15 is 0 Å². The fourth-order valence-electron chi connectivity index (χ4n) is 2.54. The van der Waals surface area contributed by atoms with E-state index in [0.29, 0.717) is 11.9 Å². The van der Waals surface area contributed by atoms with Crippen LogP contribution in [0, 0.1) is 0 Å². The van der Waals surface area contributed by atoms with Gasteiger partial charge in [-0.1, -0.05) is 6.08 Å². The Hall–Kier alpha value is -0.830. The van der Waals surface area contributed by atoms with Crippen LogP contribution in [0.5, 0.6) is 0 Å². The summed E-state index contributed by atoms with van der Waals surface area (Å²) in [6.45, 7) is 6.30. The molecule has 2 aliphatic heterocycles. The zero-order chi connectivity index (χ0) is 10.8. The average molecular weight is 208 g/mol. The van der Waals surface area contributed by atoms with E-state index in [1.165, 1.54) is 0 Å². The normalized spacial score (nSPS) is 26.9. The second kappa shape index (κ2) is 4.35. The number of rotatable bonds is 2. The minimum atomic E-state index is 0.132. The molecule has 1 amide bonds. The Morgan fingerprint density at radius 1 is 1.40 bits per heavy atom. The molecule has 2 heterocycles. The number of likely N-dealkylation sites (tertiary alicyclic amines) is 1. The van der Waals surface area contributed by atoms with Crippen LogP contribution in [0.15, 0.2) is 12.3 Å². The van der Waals surface area contributed by atoms with Gasteiger partial charge in [0.05, 0.1) is 6.04 Å². The lowest BCUT2D eigenvalue weighted by atomic mass is 10.1. The van der Waals surface area contributed by atoms with Crippen LogP contribution in [0.2, 0.25) is 0 Å². The van der Waals surface area contributed by atoms with Gasteiger partial charge in [0.2, 0.25) is 5.91 Å². The van der Waals surface area contributed by atoms with E-state index in [1.807, 2.05) is 11.1 Å². The van der Waals surface area contributed by atoms with Gasteiger partial charge in [0.25, 0.3) is 0 Å². The molecule has 0 spiro atoms. The van der Waals surface area contributed by atoms with Crippen molar-refractivity contribution >= 4 is 5.91 Å². The monoisotopic (exact) mass is 208 g/mol. The molecule has 0 aliphatic carbocycles. The van der Waals surface area contributed by atoms with Gasteiger partial charge in [0.15, 0.2) is 0 Å². The van der Waals surface area contributed by atoms with E-state index in [2.05, 4.69) is 24.8 Å². The molecule has 0 aromatic carbocycles. The minimum absolute atomic E-state index is 0.132. The summed E-state index contributed by atoms with van der Waals surface area (Å²) in [5.74, 6) is 0.301. The Morgan fingerprint density at radius 2 is 2.20 bits per heavy atom. The summed E-state index contributed by atoms with van der Waals surface area (Å²) in [6, 6.07) is 0.612. The van der Waals surface area contributed by atoms with Crippen molar-refractivity contribution in [3.63, 3.8) is 0 Å². The molecule has 1 unspecified atom stereocenters. The summed E-state index contributed by atoms with van der Waals surface area (Å²) in [7, 11) is 0. The second-order valence-corrected chi connectivity index (χ2v) is 4.69. The molecule has 3 heteroatoms. The van der Waals surface area contributed by atoms with Crippen LogP contribution in [0.4, 0.5) is 0 Å². The largest absolute Gasteiger partial charge is 0.318 e. The van der Waals surface area contributed by atoms with Crippen LogP contribution in [0.1, 0.15) is 33.1 Å². The van der Waals surface area contributed by atoms with E-state index < -0.39 is 0 Å². The van der Waals surface area contributed by atoms with Gasteiger partial charge in [0, 0.05) is 18.8 Å². The Balaban J connectivity index is 2.02. The Kier molecular flexibility index (Phi) is 3.10. The zero-order valence-corrected chi connectivity index (χ0v) is 9.65. The Bertz CT molecular complexity index is 273. The first-order valence-electron chi connectivity index (χ1n) is 5.93. The summed E-state index contributed by atoms with van der Waals surface area (Å²) in [5, 5.41) is 0. The zero-order valence-electron chi connectivity index (χ0n) is 9.65. The predicted octanol–water partition coefficient (Wildman–Crippen LogP) is 1.61. The first-order chi connectivity index (χ1) is 7.20. The van der Waals surface area contributed by atoms with E-state index in [4.69, 9.17) is 0 Å². The number of amides is 1. The average Bonchev–Trinajstić information content (AvgIpc) is 2.88. The standard InChI is InChI=1S/C12H20N2O/c1-10(2)14-9-5-6-11(14)12(15)13-7-3-4-8-13/h3,7,10-11H,4-6,8-9H2,1-2H3. The van der Waals surface area contributed by atoms with Crippen molar-refractivity contribution in [3.8, 4) is 0 Å². The van der Waals surface area contributed by atoms with Gasteiger partial charge in [-0.2, -0.15) is 0 Å². The van der Waals surface area contributed by atoms with Gasteiger partial charge in [-0.3, -0.25) is 9.69 Å². The molecule has 1 fully saturated rings. The van der Waals surface area contributed by atoms with Crippen LogP contribution in [-0.4, -0.2) is 40.9 Å². The maximum Gasteiger partial charge on any atom is 0.243 e. The molecular formula is C12H20N2O. The highest BCUT2D eigenvalue weighted by Gasteiger charge is 2.34. The number of hydrogen-bond acceptors (Lipinski definition) is 2. The van der Waals surface area contributed by atoms with Crippen LogP contribution < -0.4 is 0 Å². The smallest absolute Gasteiger partial charge is 0.243 e. The lowest BCUT2D eigenvalue weighted by Crippen LogP contribution is -2.45. The first kappa shape index (κ1) is 10.7. The summed E-state index contributed by atoms with van der Waals surface area (Å²) in [6.07, 6.45) is 7.22. The van der Waals surface area contributed by atoms with Crippen LogP contribution in [-0.2, 0) is 4.79 Å². The van der Waals surface area contributed by atoms with E-state index in [1.54, 1.807) is 0 Å². The van der Waals surface area contributed by atoms with Crippen LogP contribution >= 0.6 is 0 Å². The van der Waals surface area contributed by atoms with E-state index in [0.717, 1.165) is 32.4 Å².